The smallest absolute Gasteiger partial charge is 0.263 e. The normalized spacial score (nSPS) is 15.8. The highest BCUT2D eigenvalue weighted by atomic mass is 16.5. The van der Waals surface area contributed by atoms with E-state index < -0.39 is 0 Å². The van der Waals surface area contributed by atoms with Gasteiger partial charge in [-0.25, -0.2) is 0 Å². The average molecular weight is 339 g/mol. The fourth-order valence-electron chi connectivity index (χ4n) is 2.34. The molecule has 1 aliphatic rings. The molecule has 0 saturated carbocycles. The Hall–Kier alpha value is -1.66. The van der Waals surface area contributed by atoms with E-state index in [9.17, 15) is 10.1 Å². The van der Waals surface area contributed by atoms with Gasteiger partial charge in [0.2, 0.25) is 0 Å². The van der Waals surface area contributed by atoms with Crippen LogP contribution in [0.1, 0.15) is 0 Å². The Bertz CT molecular complexity index is 422. The topological polar surface area (TPSA) is 89.9 Å². The number of carbonyl (C=O) groups excluding carboxylic acids is 1. The summed E-state index contributed by atoms with van der Waals surface area (Å²) in [5.41, 5.74) is 0.0996. The molecule has 1 fully saturated rings. The van der Waals surface area contributed by atoms with Crippen LogP contribution in [0, 0.1) is 11.3 Å². The van der Waals surface area contributed by atoms with Gasteiger partial charge in [-0.05, 0) is 0 Å². The van der Waals surface area contributed by atoms with Crippen molar-refractivity contribution in [2.75, 3.05) is 79.8 Å². The van der Waals surface area contributed by atoms with Crippen LogP contribution in [0.3, 0.4) is 0 Å². The van der Waals surface area contributed by atoms with Crippen molar-refractivity contribution in [3.05, 3.63) is 11.8 Å². The molecular formula is C16H29N5O3. The largest absolute Gasteiger partial charge is 0.383 e. The van der Waals surface area contributed by atoms with Gasteiger partial charge in [0.1, 0.15) is 11.6 Å². The van der Waals surface area contributed by atoms with Gasteiger partial charge in [-0.15, -0.1) is 0 Å². The first-order valence-corrected chi connectivity index (χ1v) is 8.26. The van der Waals surface area contributed by atoms with Crippen LogP contribution < -0.4 is 10.6 Å². The number of rotatable bonds is 11. The first kappa shape index (κ1) is 20.4. The van der Waals surface area contributed by atoms with Crippen LogP contribution in [0.5, 0.6) is 0 Å². The summed E-state index contributed by atoms with van der Waals surface area (Å²) in [6.07, 6.45) is 1.58. The second kappa shape index (κ2) is 12.7. The van der Waals surface area contributed by atoms with Gasteiger partial charge < -0.3 is 25.0 Å². The van der Waals surface area contributed by atoms with E-state index in [1.54, 1.807) is 20.4 Å². The van der Waals surface area contributed by atoms with Gasteiger partial charge in [-0.1, -0.05) is 0 Å². The number of piperazine rings is 1. The summed E-state index contributed by atoms with van der Waals surface area (Å²) in [5, 5.41) is 15.4. The lowest BCUT2D eigenvalue weighted by Crippen LogP contribution is -2.46. The zero-order valence-corrected chi connectivity index (χ0v) is 14.7. The van der Waals surface area contributed by atoms with E-state index >= 15 is 0 Å². The van der Waals surface area contributed by atoms with Gasteiger partial charge in [-0.3, -0.25) is 9.69 Å². The molecular weight excluding hydrogens is 310 g/mol. The highest BCUT2D eigenvalue weighted by molar-refractivity contribution is 5.97. The maximum Gasteiger partial charge on any atom is 0.263 e. The van der Waals surface area contributed by atoms with Crippen molar-refractivity contribution in [2.24, 2.45) is 0 Å². The maximum absolute atomic E-state index is 12.2. The number of hydrogen-bond donors (Lipinski definition) is 2. The number of methoxy groups -OCH3 is 2. The summed E-state index contributed by atoms with van der Waals surface area (Å²) in [7, 11) is 3.23. The van der Waals surface area contributed by atoms with Crippen LogP contribution in [0.25, 0.3) is 0 Å². The zero-order chi connectivity index (χ0) is 17.6. The number of amides is 1. The van der Waals surface area contributed by atoms with Crippen LogP contribution in [-0.2, 0) is 14.3 Å². The summed E-state index contributed by atoms with van der Waals surface area (Å²) >= 11 is 0. The summed E-state index contributed by atoms with van der Waals surface area (Å²) in [5.74, 6) is -0.340. The lowest BCUT2D eigenvalue weighted by atomic mass is 10.2. The molecule has 1 heterocycles. The zero-order valence-electron chi connectivity index (χ0n) is 14.7. The Balaban J connectivity index is 2.47. The summed E-state index contributed by atoms with van der Waals surface area (Å²) in [6.45, 7) is 7.48. The Labute approximate surface area is 144 Å². The van der Waals surface area contributed by atoms with Crippen molar-refractivity contribution in [1.29, 1.82) is 5.26 Å². The summed E-state index contributed by atoms with van der Waals surface area (Å²) in [4.78, 5) is 16.3. The Kier molecular flexibility index (Phi) is 10.8. The maximum atomic E-state index is 12.2. The lowest BCUT2D eigenvalue weighted by Gasteiger charge is -2.27. The number of hydrogen-bond acceptors (Lipinski definition) is 7. The molecule has 24 heavy (non-hydrogen) atoms. The number of carbonyl (C=O) groups is 1. The predicted octanol–water partition coefficient (Wildman–Crippen LogP) is -0.990. The quantitative estimate of drug-likeness (QED) is 0.369. The molecule has 0 aromatic heterocycles. The Morgan fingerprint density at radius 1 is 1.29 bits per heavy atom. The second-order valence-electron chi connectivity index (χ2n) is 5.52. The van der Waals surface area contributed by atoms with Crippen LogP contribution >= 0.6 is 0 Å². The van der Waals surface area contributed by atoms with E-state index in [-0.39, 0.29) is 11.5 Å². The third kappa shape index (κ3) is 8.26. The molecule has 0 radical (unpaired) electrons. The van der Waals surface area contributed by atoms with Crippen molar-refractivity contribution >= 4 is 5.91 Å². The predicted molar refractivity (Wildman–Crippen MR) is 91.3 cm³/mol. The fraction of sp³-hybridized carbons (Fsp3) is 0.750. The molecule has 1 saturated heterocycles. The molecule has 0 aromatic rings. The molecule has 0 atom stereocenters. The minimum absolute atomic E-state index is 0.0996. The molecule has 1 aliphatic heterocycles. The summed E-state index contributed by atoms with van der Waals surface area (Å²) in [6, 6.07) is 1.98. The first-order chi connectivity index (χ1) is 11.7. The first-order valence-electron chi connectivity index (χ1n) is 8.26. The molecule has 0 unspecified atom stereocenters. The monoisotopic (exact) mass is 339 g/mol. The molecule has 8 nitrogen and oxygen atoms in total. The SMILES string of the molecule is COCCN(/C=C(/C#N)C(=O)NCCN1CCNCC1)CCOC. The van der Waals surface area contributed by atoms with Gasteiger partial charge in [0, 0.05) is 72.8 Å². The highest BCUT2D eigenvalue weighted by Crippen LogP contribution is 1.99. The molecule has 8 heteroatoms. The van der Waals surface area contributed by atoms with Gasteiger partial charge in [0.05, 0.1) is 13.2 Å². The van der Waals surface area contributed by atoms with Crippen LogP contribution in [0.15, 0.2) is 11.8 Å². The van der Waals surface area contributed by atoms with Crippen molar-refractivity contribution < 1.29 is 14.3 Å². The number of nitrogens with zero attached hydrogens (tertiary/aromatic N) is 3. The Morgan fingerprint density at radius 3 is 2.46 bits per heavy atom. The third-order valence-corrected chi connectivity index (χ3v) is 3.77. The number of nitrogens with one attached hydrogen (secondary N) is 2. The van der Waals surface area contributed by atoms with Crippen LogP contribution in [0.4, 0.5) is 0 Å². The minimum atomic E-state index is -0.340. The minimum Gasteiger partial charge on any atom is -0.383 e. The molecule has 0 bridgehead atoms. The van der Waals surface area contributed by atoms with E-state index in [1.807, 2.05) is 11.0 Å². The van der Waals surface area contributed by atoms with Crippen molar-refractivity contribution in [3.8, 4) is 6.07 Å². The van der Waals surface area contributed by atoms with Crippen LogP contribution in [0.2, 0.25) is 0 Å². The van der Waals surface area contributed by atoms with E-state index in [0.29, 0.717) is 32.8 Å². The third-order valence-electron chi connectivity index (χ3n) is 3.77. The van der Waals surface area contributed by atoms with Gasteiger partial charge >= 0.3 is 0 Å². The molecule has 0 aliphatic carbocycles. The van der Waals surface area contributed by atoms with E-state index in [0.717, 1.165) is 32.7 Å². The molecule has 0 aromatic carbocycles. The Morgan fingerprint density at radius 2 is 1.92 bits per heavy atom. The van der Waals surface area contributed by atoms with E-state index in [1.165, 1.54) is 0 Å². The van der Waals surface area contributed by atoms with Gasteiger partial charge in [0.15, 0.2) is 0 Å². The average Bonchev–Trinajstić information content (AvgIpc) is 2.62. The lowest BCUT2D eigenvalue weighted by molar-refractivity contribution is -0.117. The fourth-order valence-corrected chi connectivity index (χ4v) is 2.34. The second-order valence-corrected chi connectivity index (χ2v) is 5.52. The highest BCUT2D eigenvalue weighted by Gasteiger charge is 2.13. The number of nitriles is 1. The number of ether oxygens (including phenoxy) is 2. The van der Waals surface area contributed by atoms with Crippen LogP contribution in [-0.4, -0.2) is 95.5 Å². The molecule has 2 N–H and O–H groups in total. The van der Waals surface area contributed by atoms with E-state index in [4.69, 9.17) is 9.47 Å². The molecule has 0 spiro atoms. The molecule has 1 rings (SSSR count). The molecule has 1 amide bonds. The van der Waals surface area contributed by atoms with Gasteiger partial charge in [-0.2, -0.15) is 5.26 Å². The van der Waals surface area contributed by atoms with Crippen molar-refractivity contribution in [3.63, 3.8) is 0 Å². The van der Waals surface area contributed by atoms with E-state index in [2.05, 4.69) is 15.5 Å². The van der Waals surface area contributed by atoms with Crippen molar-refractivity contribution in [2.45, 2.75) is 0 Å². The molecule has 136 valence electrons. The van der Waals surface area contributed by atoms with Crippen molar-refractivity contribution in [1.82, 2.24) is 20.4 Å². The standard InChI is InChI=1S/C16H29N5O3/c1-23-11-9-21(10-12-24-2)14-15(13-17)16(22)19-5-8-20-6-3-18-4-7-20/h14,18H,3-12H2,1-2H3,(H,19,22)/b15-14-. The van der Waals surface area contributed by atoms with Gasteiger partial charge in [0.25, 0.3) is 5.91 Å². The summed E-state index contributed by atoms with van der Waals surface area (Å²) < 4.78 is 10.1.